The summed E-state index contributed by atoms with van der Waals surface area (Å²) < 4.78 is 0. The minimum atomic E-state index is -0.0730. The van der Waals surface area contributed by atoms with E-state index in [2.05, 4.69) is 59.4 Å². The van der Waals surface area contributed by atoms with Gasteiger partial charge < -0.3 is 4.90 Å². The molecular formula is C20H28N4OS. The first-order valence-electron chi connectivity index (χ1n) is 9.25. The van der Waals surface area contributed by atoms with Crippen LogP contribution in [0, 0.1) is 5.92 Å². The number of nitrogens with one attached hydrogen (secondary N) is 1. The average molecular weight is 373 g/mol. The lowest BCUT2D eigenvalue weighted by molar-refractivity contribution is 0.212. The van der Waals surface area contributed by atoms with Crippen LogP contribution in [0.3, 0.4) is 0 Å². The average Bonchev–Trinajstić information content (AvgIpc) is 3.25. The molecule has 2 amide bonds. The molecule has 1 N–H and O–H groups in total. The van der Waals surface area contributed by atoms with E-state index in [9.17, 15) is 4.79 Å². The van der Waals surface area contributed by atoms with Crippen molar-refractivity contribution in [3.05, 3.63) is 47.0 Å². The standard InChI is InChI=1S/C20H28N4OS/c1-15(2)18-11-21-19(26-18)22-20(25)23(3)12-17-9-10-24(14-17)13-16-7-5-4-6-8-16/h4-8,11,15,17H,9-10,12-14H2,1-3H3,(H,21,22,25)/t17-/m1/s1. The highest BCUT2D eigenvalue weighted by molar-refractivity contribution is 7.15. The maximum absolute atomic E-state index is 12.4. The van der Waals surface area contributed by atoms with Crippen LogP contribution in [0.5, 0.6) is 0 Å². The summed E-state index contributed by atoms with van der Waals surface area (Å²) in [5.41, 5.74) is 1.35. The third-order valence-electron chi connectivity index (χ3n) is 4.80. The van der Waals surface area contributed by atoms with Gasteiger partial charge in [0, 0.05) is 37.8 Å². The lowest BCUT2D eigenvalue weighted by Gasteiger charge is -2.21. The van der Waals surface area contributed by atoms with Gasteiger partial charge in [-0.1, -0.05) is 44.2 Å². The van der Waals surface area contributed by atoms with Gasteiger partial charge in [0.2, 0.25) is 0 Å². The Balaban J connectivity index is 1.45. The van der Waals surface area contributed by atoms with Crippen LogP contribution in [0.15, 0.2) is 36.5 Å². The van der Waals surface area contributed by atoms with Gasteiger partial charge in [-0.25, -0.2) is 9.78 Å². The Morgan fingerprint density at radius 3 is 2.85 bits per heavy atom. The molecule has 0 saturated carbocycles. The number of carbonyl (C=O) groups excluding carboxylic acids is 1. The predicted octanol–water partition coefficient (Wildman–Crippen LogP) is 4.25. The van der Waals surface area contributed by atoms with E-state index in [0.29, 0.717) is 17.0 Å². The van der Waals surface area contributed by atoms with E-state index in [1.54, 1.807) is 16.2 Å². The van der Waals surface area contributed by atoms with Crippen molar-refractivity contribution < 1.29 is 4.79 Å². The predicted molar refractivity (Wildman–Crippen MR) is 108 cm³/mol. The number of amides is 2. The third-order valence-corrected chi connectivity index (χ3v) is 6.02. The first-order valence-corrected chi connectivity index (χ1v) is 10.1. The number of aromatic nitrogens is 1. The van der Waals surface area contributed by atoms with Crippen LogP contribution in [-0.2, 0) is 6.54 Å². The highest BCUT2D eigenvalue weighted by Gasteiger charge is 2.25. The Morgan fingerprint density at radius 1 is 1.38 bits per heavy atom. The monoisotopic (exact) mass is 372 g/mol. The molecule has 3 rings (SSSR count). The van der Waals surface area contributed by atoms with Crippen LogP contribution in [-0.4, -0.2) is 47.5 Å². The van der Waals surface area contributed by atoms with E-state index < -0.39 is 0 Å². The molecule has 1 fully saturated rings. The number of benzene rings is 1. The van der Waals surface area contributed by atoms with Gasteiger partial charge in [0.05, 0.1) is 0 Å². The molecule has 0 aliphatic carbocycles. The summed E-state index contributed by atoms with van der Waals surface area (Å²) in [4.78, 5) is 22.2. The molecule has 140 valence electrons. The normalized spacial score (nSPS) is 17.6. The van der Waals surface area contributed by atoms with Crippen molar-refractivity contribution in [2.24, 2.45) is 5.92 Å². The Morgan fingerprint density at radius 2 is 2.15 bits per heavy atom. The molecule has 1 atom stereocenters. The topological polar surface area (TPSA) is 48.5 Å². The van der Waals surface area contributed by atoms with Crippen LogP contribution < -0.4 is 5.32 Å². The third kappa shape index (κ3) is 5.05. The van der Waals surface area contributed by atoms with Crippen LogP contribution in [0.4, 0.5) is 9.93 Å². The van der Waals surface area contributed by atoms with Gasteiger partial charge in [-0.3, -0.25) is 10.2 Å². The molecule has 1 saturated heterocycles. The molecule has 1 aromatic heterocycles. The quantitative estimate of drug-likeness (QED) is 0.824. The zero-order chi connectivity index (χ0) is 18.5. The van der Waals surface area contributed by atoms with Gasteiger partial charge in [0.15, 0.2) is 5.13 Å². The Labute approximate surface area is 160 Å². The van der Waals surface area contributed by atoms with Crippen molar-refractivity contribution in [2.75, 3.05) is 32.0 Å². The molecule has 1 aliphatic heterocycles. The molecule has 0 radical (unpaired) electrons. The van der Waals surface area contributed by atoms with Crippen LogP contribution in [0.1, 0.15) is 36.6 Å². The fourth-order valence-electron chi connectivity index (χ4n) is 3.32. The molecular weight excluding hydrogens is 344 g/mol. The molecule has 0 unspecified atom stereocenters. The van der Waals surface area contributed by atoms with Crippen molar-refractivity contribution in [1.82, 2.24) is 14.8 Å². The summed E-state index contributed by atoms with van der Waals surface area (Å²) in [5.74, 6) is 0.960. The number of hydrogen-bond donors (Lipinski definition) is 1. The highest BCUT2D eigenvalue weighted by Crippen LogP contribution is 2.25. The van der Waals surface area contributed by atoms with Gasteiger partial charge in [-0.05, 0) is 30.4 Å². The van der Waals surface area contributed by atoms with E-state index in [0.717, 1.165) is 32.6 Å². The first-order chi connectivity index (χ1) is 12.5. The number of carbonyl (C=O) groups is 1. The maximum atomic E-state index is 12.4. The van der Waals surface area contributed by atoms with Crippen LogP contribution >= 0.6 is 11.3 Å². The summed E-state index contributed by atoms with van der Waals surface area (Å²) in [7, 11) is 1.87. The Kier molecular flexibility index (Phi) is 6.27. The van der Waals surface area contributed by atoms with Crippen molar-refractivity contribution >= 4 is 22.5 Å². The lowest BCUT2D eigenvalue weighted by atomic mass is 10.1. The summed E-state index contributed by atoms with van der Waals surface area (Å²) >= 11 is 1.55. The van der Waals surface area contributed by atoms with E-state index in [4.69, 9.17) is 0 Å². The van der Waals surface area contributed by atoms with Gasteiger partial charge in [-0.2, -0.15) is 0 Å². The number of likely N-dealkylation sites (tertiary alicyclic amines) is 1. The van der Waals surface area contributed by atoms with Crippen LogP contribution in [0.2, 0.25) is 0 Å². The highest BCUT2D eigenvalue weighted by atomic mass is 32.1. The minimum absolute atomic E-state index is 0.0730. The fourth-order valence-corrected chi connectivity index (χ4v) is 4.12. The number of anilines is 1. The second-order valence-corrected chi connectivity index (χ2v) is 8.47. The summed E-state index contributed by atoms with van der Waals surface area (Å²) in [5, 5.41) is 3.61. The zero-order valence-electron chi connectivity index (χ0n) is 15.8. The van der Waals surface area contributed by atoms with Crippen molar-refractivity contribution in [1.29, 1.82) is 0 Å². The first kappa shape index (κ1) is 18.9. The maximum Gasteiger partial charge on any atom is 0.323 e. The van der Waals surface area contributed by atoms with Crippen molar-refractivity contribution in [3.8, 4) is 0 Å². The summed E-state index contributed by atoms with van der Waals surface area (Å²) in [6.07, 6.45) is 2.99. The second-order valence-electron chi connectivity index (χ2n) is 7.41. The minimum Gasteiger partial charge on any atom is -0.327 e. The number of thiazole rings is 1. The van der Waals surface area contributed by atoms with E-state index in [1.165, 1.54) is 10.4 Å². The van der Waals surface area contributed by atoms with Gasteiger partial charge in [0.1, 0.15) is 0 Å². The largest absolute Gasteiger partial charge is 0.327 e. The molecule has 6 heteroatoms. The number of hydrogen-bond acceptors (Lipinski definition) is 4. The molecule has 2 aromatic rings. The van der Waals surface area contributed by atoms with E-state index in [-0.39, 0.29) is 6.03 Å². The Bertz CT molecular complexity index is 716. The fraction of sp³-hybridized carbons (Fsp3) is 0.500. The van der Waals surface area contributed by atoms with E-state index in [1.807, 2.05) is 13.2 Å². The van der Waals surface area contributed by atoms with Crippen LogP contribution in [0.25, 0.3) is 0 Å². The zero-order valence-corrected chi connectivity index (χ0v) is 16.6. The van der Waals surface area contributed by atoms with E-state index >= 15 is 0 Å². The number of nitrogens with zero attached hydrogens (tertiary/aromatic N) is 3. The summed E-state index contributed by atoms with van der Waals surface area (Å²) in [6.45, 7) is 8.17. The molecule has 26 heavy (non-hydrogen) atoms. The summed E-state index contributed by atoms with van der Waals surface area (Å²) in [6, 6.07) is 10.5. The second kappa shape index (κ2) is 8.64. The lowest BCUT2D eigenvalue weighted by Crippen LogP contribution is -2.36. The SMILES string of the molecule is CC(C)c1cnc(NC(=O)N(C)C[C@H]2CCN(Cc3ccccc3)C2)s1. The van der Waals surface area contributed by atoms with Crippen molar-refractivity contribution in [3.63, 3.8) is 0 Å². The number of urea groups is 1. The molecule has 2 heterocycles. The molecule has 1 aliphatic rings. The van der Waals surface area contributed by atoms with Gasteiger partial charge in [-0.15, -0.1) is 11.3 Å². The molecule has 1 aromatic carbocycles. The molecule has 0 spiro atoms. The molecule has 5 nitrogen and oxygen atoms in total. The smallest absolute Gasteiger partial charge is 0.323 e. The van der Waals surface area contributed by atoms with Gasteiger partial charge >= 0.3 is 6.03 Å². The van der Waals surface area contributed by atoms with Gasteiger partial charge in [0.25, 0.3) is 0 Å². The molecule has 0 bridgehead atoms. The Hall–Kier alpha value is -1.92. The number of rotatable bonds is 6. The van der Waals surface area contributed by atoms with Crippen molar-refractivity contribution in [2.45, 2.75) is 32.7 Å².